The predicted molar refractivity (Wildman–Crippen MR) is 53.1 cm³/mol. The number of nitrogens with two attached hydrogens (primary N) is 1. The molecule has 0 atom stereocenters. The van der Waals surface area contributed by atoms with E-state index in [4.69, 9.17) is 28.9 Å². The number of anilines is 1. The number of rotatable bonds is 1. The maximum Gasteiger partial charge on any atom is 0.0504 e. The summed E-state index contributed by atoms with van der Waals surface area (Å²) in [5, 5.41) is 0.640. The molecule has 60 valence electrons. The van der Waals surface area contributed by atoms with Gasteiger partial charge in [-0.15, -0.1) is 11.6 Å². The van der Waals surface area contributed by atoms with Crippen molar-refractivity contribution in [2.75, 3.05) is 5.73 Å². The van der Waals surface area contributed by atoms with E-state index in [1.54, 1.807) is 12.1 Å². The number of benzene rings is 1. The van der Waals surface area contributed by atoms with Gasteiger partial charge in [-0.05, 0) is 33.6 Å². The lowest BCUT2D eigenvalue weighted by atomic mass is 10.2. The van der Waals surface area contributed by atoms with Crippen molar-refractivity contribution in [3.05, 3.63) is 27.2 Å². The molecule has 2 N–H and O–H groups in total. The van der Waals surface area contributed by atoms with Gasteiger partial charge in [-0.1, -0.05) is 11.6 Å². The molecule has 1 rings (SSSR count). The van der Waals surface area contributed by atoms with Crippen molar-refractivity contribution in [3.63, 3.8) is 0 Å². The van der Waals surface area contributed by atoms with Gasteiger partial charge in [0.25, 0.3) is 0 Å². The molecule has 0 unspecified atom stereocenters. The number of halogens is 3. The molecular weight excluding hydrogens is 249 g/mol. The molecular formula is C7H6BrCl2N. The average Bonchev–Trinajstić information content (AvgIpc) is 1.96. The standard InChI is InChI=1S/C7H6BrCl2N/c8-6-2-5(10)1-4(3-9)7(6)11/h1-2H,3,11H2. The highest BCUT2D eigenvalue weighted by Crippen LogP contribution is 2.28. The summed E-state index contributed by atoms with van der Waals surface area (Å²) in [6.45, 7) is 0. The summed E-state index contributed by atoms with van der Waals surface area (Å²) in [6, 6.07) is 3.50. The molecule has 0 aromatic heterocycles. The van der Waals surface area contributed by atoms with Crippen LogP contribution in [-0.2, 0) is 5.88 Å². The van der Waals surface area contributed by atoms with E-state index >= 15 is 0 Å². The molecule has 0 bridgehead atoms. The van der Waals surface area contributed by atoms with Crippen LogP contribution in [0, 0.1) is 0 Å². The van der Waals surface area contributed by atoms with Gasteiger partial charge in [0.1, 0.15) is 0 Å². The maximum atomic E-state index is 5.76. The maximum absolute atomic E-state index is 5.76. The third kappa shape index (κ3) is 2.01. The topological polar surface area (TPSA) is 26.0 Å². The molecule has 0 radical (unpaired) electrons. The Balaban J connectivity index is 3.24. The SMILES string of the molecule is Nc1c(Br)cc(Cl)cc1CCl. The zero-order chi connectivity index (χ0) is 8.43. The van der Waals surface area contributed by atoms with E-state index in [1.165, 1.54) is 0 Å². The Hall–Kier alpha value is 0.0800. The van der Waals surface area contributed by atoms with E-state index in [9.17, 15) is 0 Å². The largest absolute Gasteiger partial charge is 0.398 e. The third-order valence-electron chi connectivity index (χ3n) is 1.32. The minimum Gasteiger partial charge on any atom is -0.398 e. The smallest absolute Gasteiger partial charge is 0.0504 e. The fourth-order valence-corrected chi connectivity index (χ4v) is 1.84. The molecule has 0 fully saturated rings. The monoisotopic (exact) mass is 253 g/mol. The summed E-state index contributed by atoms with van der Waals surface area (Å²) >= 11 is 14.6. The van der Waals surface area contributed by atoms with Crippen molar-refractivity contribution in [2.45, 2.75) is 5.88 Å². The Bertz CT molecular complexity index is 275. The Morgan fingerprint density at radius 1 is 1.45 bits per heavy atom. The van der Waals surface area contributed by atoms with E-state index in [1.807, 2.05) is 0 Å². The molecule has 4 heteroatoms. The van der Waals surface area contributed by atoms with Crippen molar-refractivity contribution in [3.8, 4) is 0 Å². The summed E-state index contributed by atoms with van der Waals surface area (Å²) in [5.41, 5.74) is 7.18. The van der Waals surface area contributed by atoms with Crippen LogP contribution in [0.3, 0.4) is 0 Å². The summed E-state index contributed by atoms with van der Waals surface area (Å²) in [4.78, 5) is 0. The van der Waals surface area contributed by atoms with Crippen LogP contribution in [0.15, 0.2) is 16.6 Å². The first-order chi connectivity index (χ1) is 5.15. The molecule has 0 aliphatic rings. The molecule has 0 spiro atoms. The Kier molecular flexibility index (Phi) is 3.05. The highest BCUT2D eigenvalue weighted by atomic mass is 79.9. The van der Waals surface area contributed by atoms with E-state index in [0.717, 1.165) is 10.0 Å². The number of hydrogen-bond acceptors (Lipinski definition) is 1. The highest BCUT2D eigenvalue weighted by molar-refractivity contribution is 9.10. The van der Waals surface area contributed by atoms with Gasteiger partial charge in [0.15, 0.2) is 0 Å². The summed E-state index contributed by atoms with van der Waals surface area (Å²) in [7, 11) is 0. The second-order valence-electron chi connectivity index (χ2n) is 2.09. The van der Waals surface area contributed by atoms with Crippen molar-refractivity contribution in [2.24, 2.45) is 0 Å². The van der Waals surface area contributed by atoms with E-state index in [-0.39, 0.29) is 0 Å². The first-order valence-electron chi connectivity index (χ1n) is 2.94. The second-order valence-corrected chi connectivity index (χ2v) is 3.65. The van der Waals surface area contributed by atoms with Crippen LogP contribution < -0.4 is 5.73 Å². The van der Waals surface area contributed by atoms with Gasteiger partial charge in [-0.25, -0.2) is 0 Å². The van der Waals surface area contributed by atoms with Gasteiger partial charge >= 0.3 is 0 Å². The minimum atomic E-state index is 0.380. The van der Waals surface area contributed by atoms with Crippen LogP contribution >= 0.6 is 39.1 Å². The number of hydrogen-bond donors (Lipinski definition) is 1. The lowest BCUT2D eigenvalue weighted by Crippen LogP contribution is -1.92. The van der Waals surface area contributed by atoms with Gasteiger partial charge in [-0.3, -0.25) is 0 Å². The Morgan fingerprint density at radius 3 is 2.64 bits per heavy atom. The normalized spacial score (nSPS) is 10.1. The summed E-state index contributed by atoms with van der Waals surface area (Å²) in [5.74, 6) is 0.380. The highest BCUT2D eigenvalue weighted by Gasteiger charge is 2.03. The molecule has 0 saturated carbocycles. The van der Waals surface area contributed by atoms with E-state index < -0.39 is 0 Å². The van der Waals surface area contributed by atoms with Crippen molar-refractivity contribution < 1.29 is 0 Å². The predicted octanol–water partition coefficient (Wildman–Crippen LogP) is 3.42. The Labute approximate surface area is 83.6 Å². The fourth-order valence-electron chi connectivity index (χ4n) is 0.749. The summed E-state index contributed by atoms with van der Waals surface area (Å²) < 4.78 is 0.792. The fraction of sp³-hybridized carbons (Fsp3) is 0.143. The zero-order valence-corrected chi connectivity index (χ0v) is 8.67. The lowest BCUT2D eigenvalue weighted by Gasteiger charge is -2.04. The second kappa shape index (κ2) is 3.65. The van der Waals surface area contributed by atoms with Gasteiger partial charge in [-0.2, -0.15) is 0 Å². The average molecular weight is 255 g/mol. The van der Waals surface area contributed by atoms with Gasteiger partial charge in [0.2, 0.25) is 0 Å². The van der Waals surface area contributed by atoms with Crippen LogP contribution in [0.25, 0.3) is 0 Å². The van der Waals surface area contributed by atoms with Crippen LogP contribution in [0.2, 0.25) is 5.02 Å². The van der Waals surface area contributed by atoms with E-state index in [0.29, 0.717) is 16.6 Å². The van der Waals surface area contributed by atoms with Gasteiger partial charge in [0, 0.05) is 15.4 Å². The van der Waals surface area contributed by atoms with Crippen molar-refractivity contribution in [1.29, 1.82) is 0 Å². The van der Waals surface area contributed by atoms with Crippen LogP contribution in [-0.4, -0.2) is 0 Å². The van der Waals surface area contributed by atoms with Crippen LogP contribution in [0.1, 0.15) is 5.56 Å². The molecule has 0 aliphatic heterocycles. The Morgan fingerprint density at radius 2 is 2.09 bits per heavy atom. The number of nitrogen functional groups attached to an aromatic ring is 1. The number of alkyl halides is 1. The molecule has 1 aromatic carbocycles. The molecule has 1 aromatic rings. The molecule has 0 heterocycles. The van der Waals surface area contributed by atoms with Crippen LogP contribution in [0.5, 0.6) is 0 Å². The molecule has 0 amide bonds. The first kappa shape index (κ1) is 9.17. The lowest BCUT2D eigenvalue weighted by molar-refractivity contribution is 1.39. The first-order valence-corrected chi connectivity index (χ1v) is 4.65. The zero-order valence-electron chi connectivity index (χ0n) is 5.57. The summed E-state index contributed by atoms with van der Waals surface area (Å²) in [6.07, 6.45) is 0. The molecule has 0 saturated heterocycles. The van der Waals surface area contributed by atoms with Gasteiger partial charge < -0.3 is 5.73 Å². The van der Waals surface area contributed by atoms with Crippen LogP contribution in [0.4, 0.5) is 5.69 Å². The molecule has 11 heavy (non-hydrogen) atoms. The van der Waals surface area contributed by atoms with Gasteiger partial charge in [0.05, 0.1) is 5.69 Å². The van der Waals surface area contributed by atoms with Crippen molar-refractivity contribution >= 4 is 44.8 Å². The third-order valence-corrected chi connectivity index (χ3v) is 2.49. The minimum absolute atomic E-state index is 0.380. The van der Waals surface area contributed by atoms with Crippen molar-refractivity contribution in [1.82, 2.24) is 0 Å². The van der Waals surface area contributed by atoms with E-state index in [2.05, 4.69) is 15.9 Å². The quantitative estimate of drug-likeness (QED) is 0.603. The molecule has 0 aliphatic carbocycles. The molecule has 1 nitrogen and oxygen atoms in total.